The van der Waals surface area contributed by atoms with Crippen molar-refractivity contribution in [2.75, 3.05) is 13.2 Å². The third-order valence-corrected chi connectivity index (χ3v) is 3.29. The predicted octanol–water partition coefficient (Wildman–Crippen LogP) is 3.04. The van der Waals surface area contributed by atoms with Crippen LogP contribution in [-0.2, 0) is 4.74 Å². The van der Waals surface area contributed by atoms with Crippen LogP contribution in [-0.4, -0.2) is 30.1 Å². The smallest absolute Gasteiger partial charge is 0.253 e. The monoisotopic (exact) mass is 292 g/mol. The number of hydrogen-bond donors (Lipinski definition) is 1. The van der Waals surface area contributed by atoms with Crippen LogP contribution in [0.5, 0.6) is 0 Å². The molecule has 1 unspecified atom stereocenters. The third-order valence-electron chi connectivity index (χ3n) is 2.99. The molecule has 1 aromatic carbocycles. The lowest BCUT2D eigenvalue weighted by Gasteiger charge is -2.13. The number of carbonyl (C=O) groups excluding carboxylic acids is 1. The number of pyridine rings is 1. The van der Waals surface area contributed by atoms with Crippen LogP contribution in [0.1, 0.15) is 24.2 Å². The fourth-order valence-electron chi connectivity index (χ4n) is 2.01. The maximum absolute atomic E-state index is 12.2. The van der Waals surface area contributed by atoms with Gasteiger partial charge in [-0.25, -0.2) is 4.98 Å². The molecule has 0 aliphatic rings. The van der Waals surface area contributed by atoms with Crippen LogP contribution in [0.3, 0.4) is 0 Å². The molecule has 106 valence electrons. The zero-order valence-corrected chi connectivity index (χ0v) is 12.3. The molecule has 0 radical (unpaired) electrons. The molecule has 0 saturated carbocycles. The summed E-state index contributed by atoms with van der Waals surface area (Å²) in [6.45, 7) is 4.93. The number of carbonyl (C=O) groups is 1. The summed E-state index contributed by atoms with van der Waals surface area (Å²) in [7, 11) is 0. The van der Waals surface area contributed by atoms with Gasteiger partial charge in [-0.15, -0.1) is 0 Å². The van der Waals surface area contributed by atoms with Gasteiger partial charge >= 0.3 is 0 Å². The molecule has 0 aliphatic carbocycles. The maximum Gasteiger partial charge on any atom is 0.253 e. The van der Waals surface area contributed by atoms with Gasteiger partial charge in [-0.1, -0.05) is 35.9 Å². The molecule has 0 aliphatic heterocycles. The zero-order chi connectivity index (χ0) is 14.5. The topological polar surface area (TPSA) is 51.2 Å². The lowest BCUT2D eigenvalue weighted by molar-refractivity contribution is 0.0695. The summed E-state index contributed by atoms with van der Waals surface area (Å²) in [5, 5.41) is 4.83. The first kappa shape index (κ1) is 14.8. The molecular weight excluding hydrogens is 276 g/mol. The molecule has 0 fully saturated rings. The van der Waals surface area contributed by atoms with E-state index in [4.69, 9.17) is 16.3 Å². The molecule has 2 aromatic rings. The molecule has 1 heterocycles. The average molecular weight is 293 g/mol. The number of halogens is 1. The number of hydrogen-bond acceptors (Lipinski definition) is 3. The molecule has 20 heavy (non-hydrogen) atoms. The first-order valence-corrected chi connectivity index (χ1v) is 6.94. The lowest BCUT2D eigenvalue weighted by Crippen LogP contribution is -2.32. The molecular formula is C15H17ClN2O2. The molecule has 0 spiro atoms. The van der Waals surface area contributed by atoms with Crippen molar-refractivity contribution in [3.8, 4) is 0 Å². The summed E-state index contributed by atoms with van der Waals surface area (Å²) >= 11 is 6.04. The zero-order valence-electron chi connectivity index (χ0n) is 11.5. The predicted molar refractivity (Wildman–Crippen MR) is 80.2 cm³/mol. The second-order valence-corrected chi connectivity index (χ2v) is 4.84. The van der Waals surface area contributed by atoms with Gasteiger partial charge in [0.05, 0.1) is 11.7 Å². The summed E-state index contributed by atoms with van der Waals surface area (Å²) in [5.41, 5.74) is 0.522. The Hall–Kier alpha value is -1.65. The largest absolute Gasteiger partial charge is 0.377 e. The first-order valence-electron chi connectivity index (χ1n) is 6.56. The second kappa shape index (κ2) is 6.68. The highest BCUT2D eigenvalue weighted by atomic mass is 35.5. The van der Waals surface area contributed by atoms with E-state index in [1.807, 2.05) is 38.1 Å². The van der Waals surface area contributed by atoms with Gasteiger partial charge in [0, 0.05) is 24.7 Å². The number of aromatic nitrogens is 1. The van der Waals surface area contributed by atoms with E-state index < -0.39 is 0 Å². The molecule has 0 saturated heterocycles. The summed E-state index contributed by atoms with van der Waals surface area (Å²) in [4.78, 5) is 16.3. The van der Waals surface area contributed by atoms with Gasteiger partial charge < -0.3 is 10.1 Å². The van der Waals surface area contributed by atoms with E-state index in [0.717, 1.165) is 10.8 Å². The number of amides is 1. The van der Waals surface area contributed by atoms with Crippen molar-refractivity contribution in [3.05, 3.63) is 41.2 Å². The first-order chi connectivity index (χ1) is 9.63. The summed E-state index contributed by atoms with van der Waals surface area (Å²) < 4.78 is 5.38. The number of nitrogens with one attached hydrogen (secondary N) is 1. The van der Waals surface area contributed by atoms with Crippen LogP contribution in [0.2, 0.25) is 5.15 Å². The Bertz CT molecular complexity index is 616. The minimum absolute atomic E-state index is 0.0181. The Balaban J connectivity index is 2.20. The Morgan fingerprint density at radius 1 is 1.40 bits per heavy atom. The molecule has 1 atom stereocenters. The molecule has 1 amide bonds. The maximum atomic E-state index is 12.2. The van der Waals surface area contributed by atoms with Gasteiger partial charge in [-0.05, 0) is 19.2 Å². The Kier molecular flexibility index (Phi) is 4.93. The summed E-state index contributed by atoms with van der Waals surface area (Å²) in [6, 6.07) is 7.46. The highest BCUT2D eigenvalue weighted by molar-refractivity contribution is 6.34. The van der Waals surface area contributed by atoms with Gasteiger partial charge in [0.2, 0.25) is 0 Å². The van der Waals surface area contributed by atoms with Gasteiger partial charge in [-0.3, -0.25) is 4.79 Å². The standard InChI is InChI=1S/C15H17ClN2O2/c1-3-20-10(2)8-18-15(19)13-9-17-14(16)12-7-5-4-6-11(12)13/h4-7,9-10H,3,8H2,1-2H3,(H,18,19). The van der Waals surface area contributed by atoms with Gasteiger partial charge in [0.25, 0.3) is 5.91 Å². The van der Waals surface area contributed by atoms with E-state index in [-0.39, 0.29) is 12.0 Å². The third kappa shape index (κ3) is 3.26. The van der Waals surface area contributed by atoms with E-state index in [9.17, 15) is 4.79 Å². The van der Waals surface area contributed by atoms with Gasteiger partial charge in [0.15, 0.2) is 0 Å². The van der Waals surface area contributed by atoms with E-state index in [0.29, 0.717) is 23.9 Å². The quantitative estimate of drug-likeness (QED) is 0.862. The molecule has 5 heteroatoms. The van der Waals surface area contributed by atoms with Gasteiger partial charge in [0.1, 0.15) is 5.15 Å². The fourth-order valence-corrected chi connectivity index (χ4v) is 2.23. The van der Waals surface area contributed by atoms with Crippen molar-refractivity contribution in [2.24, 2.45) is 0 Å². The van der Waals surface area contributed by atoms with Gasteiger partial charge in [-0.2, -0.15) is 0 Å². The minimum Gasteiger partial charge on any atom is -0.377 e. The van der Waals surface area contributed by atoms with E-state index >= 15 is 0 Å². The highest BCUT2D eigenvalue weighted by Gasteiger charge is 2.13. The molecule has 2 rings (SSSR count). The molecule has 4 nitrogen and oxygen atoms in total. The number of rotatable bonds is 5. The van der Waals surface area contributed by atoms with Crippen molar-refractivity contribution in [2.45, 2.75) is 20.0 Å². The van der Waals surface area contributed by atoms with Crippen molar-refractivity contribution in [1.29, 1.82) is 0 Å². The van der Waals surface area contributed by atoms with Crippen molar-refractivity contribution < 1.29 is 9.53 Å². The van der Waals surface area contributed by atoms with E-state index in [1.54, 1.807) is 0 Å². The lowest BCUT2D eigenvalue weighted by atomic mass is 10.1. The van der Waals surface area contributed by atoms with Crippen LogP contribution in [0.15, 0.2) is 30.5 Å². The van der Waals surface area contributed by atoms with Crippen LogP contribution in [0.4, 0.5) is 0 Å². The highest BCUT2D eigenvalue weighted by Crippen LogP contribution is 2.23. The summed E-state index contributed by atoms with van der Waals surface area (Å²) in [6.07, 6.45) is 1.49. The SMILES string of the molecule is CCOC(C)CNC(=O)c1cnc(Cl)c2ccccc12. The fraction of sp³-hybridized carbons (Fsp3) is 0.333. The summed E-state index contributed by atoms with van der Waals surface area (Å²) in [5.74, 6) is -0.170. The van der Waals surface area contributed by atoms with Crippen LogP contribution in [0.25, 0.3) is 10.8 Å². The van der Waals surface area contributed by atoms with Crippen molar-refractivity contribution >= 4 is 28.3 Å². The van der Waals surface area contributed by atoms with E-state index in [2.05, 4.69) is 10.3 Å². The van der Waals surface area contributed by atoms with Crippen LogP contribution in [0, 0.1) is 0 Å². The normalized spacial score (nSPS) is 12.3. The van der Waals surface area contributed by atoms with Crippen LogP contribution >= 0.6 is 11.6 Å². The molecule has 1 aromatic heterocycles. The van der Waals surface area contributed by atoms with Crippen molar-refractivity contribution in [3.63, 3.8) is 0 Å². The number of nitrogens with zero attached hydrogens (tertiary/aromatic N) is 1. The second-order valence-electron chi connectivity index (χ2n) is 4.48. The van der Waals surface area contributed by atoms with Crippen LogP contribution < -0.4 is 5.32 Å². The van der Waals surface area contributed by atoms with E-state index in [1.165, 1.54) is 6.20 Å². The molecule has 0 bridgehead atoms. The minimum atomic E-state index is -0.170. The molecule has 1 N–H and O–H groups in total. The Morgan fingerprint density at radius 2 is 2.10 bits per heavy atom. The average Bonchev–Trinajstić information content (AvgIpc) is 2.46. The number of ether oxygens (including phenoxy) is 1. The Morgan fingerprint density at radius 3 is 2.80 bits per heavy atom. The number of fused-ring (bicyclic) bond motifs is 1. The Labute approximate surface area is 123 Å². The number of benzene rings is 1. The van der Waals surface area contributed by atoms with Crippen molar-refractivity contribution in [1.82, 2.24) is 10.3 Å².